The molecular formula is C23H29N3O3. The van der Waals surface area contributed by atoms with E-state index in [1.165, 1.54) is 0 Å². The lowest BCUT2D eigenvalue weighted by atomic mass is 10.0. The molecule has 0 spiro atoms. The minimum Gasteiger partial charge on any atom is -0.490 e. The summed E-state index contributed by atoms with van der Waals surface area (Å²) in [5, 5.41) is 17.5. The van der Waals surface area contributed by atoms with Gasteiger partial charge in [-0.15, -0.1) is 0 Å². The monoisotopic (exact) mass is 395 g/mol. The summed E-state index contributed by atoms with van der Waals surface area (Å²) in [6, 6.07) is 14.7. The molecule has 2 aromatic carbocycles. The predicted octanol–water partition coefficient (Wildman–Crippen LogP) is 3.94. The fraction of sp³-hybridized carbons (Fsp3) is 0.348. The fourth-order valence-corrected chi connectivity index (χ4v) is 2.93. The standard InChI is InChI=1S/C23H29N3O3/c1-4-23(2,3)25-14-16(27)15-29-21-11-6-5-8-18(21)22(28)26-20-10-7-9-19-17(20)12-13-24-19/h5-13,16,24-25,27H,4,14-15H2,1-3H3,(H,26,28). The van der Waals surface area contributed by atoms with Gasteiger partial charge in [0.25, 0.3) is 5.91 Å². The number of anilines is 1. The Bertz CT molecular complexity index is 965. The number of rotatable bonds is 9. The Morgan fingerprint density at radius 3 is 2.76 bits per heavy atom. The van der Waals surface area contributed by atoms with Crippen LogP contribution in [0.4, 0.5) is 5.69 Å². The van der Waals surface area contributed by atoms with Crippen LogP contribution in [0, 0.1) is 0 Å². The van der Waals surface area contributed by atoms with Crippen LogP contribution in [0.5, 0.6) is 5.75 Å². The van der Waals surface area contributed by atoms with E-state index < -0.39 is 6.10 Å². The number of para-hydroxylation sites is 1. The summed E-state index contributed by atoms with van der Waals surface area (Å²) in [7, 11) is 0. The van der Waals surface area contributed by atoms with E-state index in [-0.39, 0.29) is 18.1 Å². The van der Waals surface area contributed by atoms with Gasteiger partial charge < -0.3 is 25.5 Å². The van der Waals surface area contributed by atoms with Gasteiger partial charge in [0.2, 0.25) is 0 Å². The quantitative estimate of drug-likeness (QED) is 0.442. The minimum absolute atomic E-state index is 0.0436. The van der Waals surface area contributed by atoms with Gasteiger partial charge in [-0.2, -0.15) is 0 Å². The first kappa shape index (κ1) is 20.9. The molecule has 1 aromatic heterocycles. The van der Waals surface area contributed by atoms with Crippen LogP contribution >= 0.6 is 0 Å². The number of ether oxygens (including phenoxy) is 1. The molecule has 0 saturated heterocycles. The molecule has 0 radical (unpaired) electrons. The molecule has 3 rings (SSSR count). The molecule has 29 heavy (non-hydrogen) atoms. The zero-order valence-corrected chi connectivity index (χ0v) is 17.2. The van der Waals surface area contributed by atoms with E-state index >= 15 is 0 Å². The number of H-pyrrole nitrogens is 1. The molecular weight excluding hydrogens is 366 g/mol. The average molecular weight is 396 g/mol. The van der Waals surface area contributed by atoms with Crippen LogP contribution in [0.3, 0.4) is 0 Å². The van der Waals surface area contributed by atoms with Crippen LogP contribution in [0.25, 0.3) is 10.9 Å². The van der Waals surface area contributed by atoms with Crippen molar-refractivity contribution >= 4 is 22.5 Å². The first-order valence-electron chi connectivity index (χ1n) is 9.92. The van der Waals surface area contributed by atoms with Gasteiger partial charge in [-0.25, -0.2) is 0 Å². The number of hydrogen-bond donors (Lipinski definition) is 4. The second-order valence-electron chi connectivity index (χ2n) is 7.78. The highest BCUT2D eigenvalue weighted by Crippen LogP contribution is 2.25. The van der Waals surface area contributed by atoms with E-state index in [2.05, 4.69) is 36.4 Å². The first-order chi connectivity index (χ1) is 13.9. The molecule has 0 aliphatic heterocycles. The summed E-state index contributed by atoms with van der Waals surface area (Å²) in [5.41, 5.74) is 2.07. The number of carbonyl (C=O) groups is 1. The lowest BCUT2D eigenvalue weighted by molar-refractivity contribution is 0.0945. The van der Waals surface area contributed by atoms with E-state index in [4.69, 9.17) is 4.74 Å². The van der Waals surface area contributed by atoms with Crippen molar-refractivity contribution in [3.05, 3.63) is 60.3 Å². The summed E-state index contributed by atoms with van der Waals surface area (Å²) in [5.74, 6) is 0.189. The molecule has 0 bridgehead atoms. The zero-order chi connectivity index (χ0) is 20.9. The van der Waals surface area contributed by atoms with Gasteiger partial charge in [0.05, 0.1) is 11.3 Å². The fourth-order valence-electron chi connectivity index (χ4n) is 2.93. The van der Waals surface area contributed by atoms with Crippen LogP contribution in [0.2, 0.25) is 0 Å². The number of aromatic nitrogens is 1. The van der Waals surface area contributed by atoms with Crippen molar-refractivity contribution in [2.75, 3.05) is 18.5 Å². The maximum atomic E-state index is 12.9. The van der Waals surface area contributed by atoms with Crippen LogP contribution in [0.15, 0.2) is 54.7 Å². The van der Waals surface area contributed by atoms with Gasteiger partial charge in [0.15, 0.2) is 0 Å². The van der Waals surface area contributed by atoms with E-state index in [9.17, 15) is 9.90 Å². The van der Waals surface area contributed by atoms with Crippen molar-refractivity contribution in [3.8, 4) is 5.75 Å². The van der Waals surface area contributed by atoms with Crippen LogP contribution in [0.1, 0.15) is 37.6 Å². The number of amides is 1. The summed E-state index contributed by atoms with van der Waals surface area (Å²) in [4.78, 5) is 16.0. The number of nitrogens with one attached hydrogen (secondary N) is 3. The maximum absolute atomic E-state index is 12.9. The number of aliphatic hydroxyl groups excluding tert-OH is 1. The molecule has 1 unspecified atom stereocenters. The molecule has 3 aromatic rings. The lowest BCUT2D eigenvalue weighted by Gasteiger charge is -2.26. The Labute approximate surface area is 171 Å². The topological polar surface area (TPSA) is 86.4 Å². The van der Waals surface area contributed by atoms with Crippen molar-refractivity contribution < 1.29 is 14.6 Å². The van der Waals surface area contributed by atoms with Crippen molar-refractivity contribution in [3.63, 3.8) is 0 Å². The van der Waals surface area contributed by atoms with Crippen LogP contribution in [-0.2, 0) is 0 Å². The molecule has 1 atom stereocenters. The highest BCUT2D eigenvalue weighted by atomic mass is 16.5. The molecule has 0 saturated carbocycles. The molecule has 6 heteroatoms. The molecule has 154 valence electrons. The third-order valence-corrected chi connectivity index (χ3v) is 5.11. The van der Waals surface area contributed by atoms with Gasteiger partial charge in [-0.3, -0.25) is 4.79 Å². The molecule has 1 heterocycles. The van der Waals surface area contributed by atoms with Crippen molar-refractivity contribution in [2.24, 2.45) is 0 Å². The Morgan fingerprint density at radius 2 is 1.97 bits per heavy atom. The second kappa shape index (κ2) is 9.11. The van der Waals surface area contributed by atoms with E-state index in [1.807, 2.05) is 36.5 Å². The van der Waals surface area contributed by atoms with Crippen molar-refractivity contribution in [1.29, 1.82) is 0 Å². The lowest BCUT2D eigenvalue weighted by Crippen LogP contribution is -2.44. The SMILES string of the molecule is CCC(C)(C)NCC(O)COc1ccccc1C(=O)Nc1cccc2[nH]ccc12. The number of aromatic amines is 1. The summed E-state index contributed by atoms with van der Waals surface area (Å²) in [6.07, 6.45) is 2.12. The Morgan fingerprint density at radius 1 is 1.17 bits per heavy atom. The predicted molar refractivity (Wildman–Crippen MR) is 117 cm³/mol. The molecule has 4 N–H and O–H groups in total. The van der Waals surface area contributed by atoms with Gasteiger partial charge >= 0.3 is 0 Å². The number of benzene rings is 2. The van der Waals surface area contributed by atoms with Crippen LogP contribution in [-0.4, -0.2) is 40.8 Å². The second-order valence-corrected chi connectivity index (χ2v) is 7.78. The van der Waals surface area contributed by atoms with Crippen LogP contribution < -0.4 is 15.4 Å². The average Bonchev–Trinajstić information content (AvgIpc) is 3.21. The van der Waals surface area contributed by atoms with Gasteiger partial charge in [-0.05, 0) is 50.6 Å². The van der Waals surface area contributed by atoms with E-state index in [0.29, 0.717) is 17.9 Å². The van der Waals surface area contributed by atoms with Gasteiger partial charge in [-0.1, -0.05) is 25.1 Å². The Hall–Kier alpha value is -2.83. The van der Waals surface area contributed by atoms with Crippen molar-refractivity contribution in [1.82, 2.24) is 10.3 Å². The van der Waals surface area contributed by atoms with Gasteiger partial charge in [0, 0.05) is 29.2 Å². The smallest absolute Gasteiger partial charge is 0.259 e. The number of aliphatic hydroxyl groups is 1. The Balaban J connectivity index is 1.65. The molecule has 0 aliphatic carbocycles. The largest absolute Gasteiger partial charge is 0.490 e. The molecule has 0 fully saturated rings. The number of hydrogen-bond acceptors (Lipinski definition) is 4. The first-order valence-corrected chi connectivity index (χ1v) is 9.92. The number of carbonyl (C=O) groups excluding carboxylic acids is 1. The third-order valence-electron chi connectivity index (χ3n) is 5.11. The zero-order valence-electron chi connectivity index (χ0n) is 17.2. The number of β-amino-alcohol motifs (C(OH)–C–C–N with tert-alkyl or cyclic N) is 1. The molecule has 0 aliphatic rings. The summed E-state index contributed by atoms with van der Waals surface area (Å²) < 4.78 is 5.77. The Kier molecular flexibility index (Phi) is 6.56. The third kappa shape index (κ3) is 5.37. The summed E-state index contributed by atoms with van der Waals surface area (Å²) in [6.45, 7) is 6.80. The van der Waals surface area contributed by atoms with E-state index in [0.717, 1.165) is 23.0 Å². The van der Waals surface area contributed by atoms with Crippen molar-refractivity contribution in [2.45, 2.75) is 38.8 Å². The minimum atomic E-state index is -0.675. The molecule has 6 nitrogen and oxygen atoms in total. The normalized spacial score (nSPS) is 12.7. The number of fused-ring (bicyclic) bond motifs is 1. The van der Waals surface area contributed by atoms with Gasteiger partial charge in [0.1, 0.15) is 18.5 Å². The van der Waals surface area contributed by atoms with E-state index in [1.54, 1.807) is 18.2 Å². The summed E-state index contributed by atoms with van der Waals surface area (Å²) >= 11 is 0. The maximum Gasteiger partial charge on any atom is 0.259 e. The highest BCUT2D eigenvalue weighted by molar-refractivity contribution is 6.10. The molecule has 1 amide bonds. The highest BCUT2D eigenvalue weighted by Gasteiger charge is 2.18.